The van der Waals surface area contributed by atoms with E-state index in [4.69, 9.17) is 0 Å². The minimum atomic E-state index is 0. The van der Waals surface area contributed by atoms with Crippen LogP contribution in [-0.2, 0) is 17.1 Å². The maximum Gasteiger partial charge on any atom is 0 e. The Hall–Kier alpha value is 0.801. The first-order valence-corrected chi connectivity index (χ1v) is 0. The van der Waals surface area contributed by atoms with Crippen LogP contribution in [0.2, 0.25) is 0 Å². The van der Waals surface area contributed by atoms with Crippen molar-refractivity contribution in [2.24, 2.45) is 0 Å². The summed E-state index contributed by atoms with van der Waals surface area (Å²) in [6.07, 6.45) is 0. The molecule has 0 aromatic carbocycles. The fourth-order valence-electron chi connectivity index (χ4n) is 0. The van der Waals surface area contributed by atoms with Crippen molar-refractivity contribution < 1.29 is 17.1 Å². The van der Waals surface area contributed by atoms with E-state index in [-0.39, 0.29) is 43.9 Å². The Kier molecular flexibility index (Phi) is 1250. The van der Waals surface area contributed by atoms with Gasteiger partial charge in [-0.25, -0.2) is 0 Å². The SMILES string of the molecule is [B].[CH3-].[Fe].[SiH3]. The zero-order valence-electron chi connectivity index (χ0n) is 2.93. The van der Waals surface area contributed by atoms with Gasteiger partial charge in [0.05, 0.1) is 0 Å². The Bertz CT molecular complexity index is 8.00. The molecule has 0 aliphatic carbocycles. The molecule has 0 nitrogen and oxygen atoms in total. The summed E-state index contributed by atoms with van der Waals surface area (Å²) in [7, 11) is 0. The Morgan fingerprint density at radius 1 is 1.00 bits per heavy atom. The molecule has 0 aliphatic heterocycles. The van der Waals surface area contributed by atoms with Crippen LogP contribution in [0.15, 0.2) is 0 Å². The summed E-state index contributed by atoms with van der Waals surface area (Å²) >= 11 is 0. The van der Waals surface area contributed by atoms with Gasteiger partial charge < -0.3 is 7.43 Å². The quantitative estimate of drug-likeness (QED) is 0.275. The molecule has 0 heterocycles. The normalized spacial score (nSPS) is 0. The van der Waals surface area contributed by atoms with E-state index < -0.39 is 0 Å². The first-order valence-electron chi connectivity index (χ1n) is 0. The van der Waals surface area contributed by atoms with Gasteiger partial charge in [0.25, 0.3) is 0 Å². The van der Waals surface area contributed by atoms with E-state index in [0.29, 0.717) is 0 Å². The molecule has 4 heavy (non-hydrogen) atoms. The van der Waals surface area contributed by atoms with Crippen molar-refractivity contribution in [1.29, 1.82) is 0 Å². The predicted molar refractivity (Wildman–Crippen MR) is 22.1 cm³/mol. The van der Waals surface area contributed by atoms with Crippen molar-refractivity contribution in [2.75, 3.05) is 0 Å². The van der Waals surface area contributed by atoms with Crippen LogP contribution in [0.1, 0.15) is 0 Å². The minimum Gasteiger partial charge on any atom is -0.358 e. The minimum absolute atomic E-state index is 0. The summed E-state index contributed by atoms with van der Waals surface area (Å²) < 4.78 is 0. The monoisotopic (exact) mass is 113 g/mol. The van der Waals surface area contributed by atoms with Crippen molar-refractivity contribution in [3.63, 3.8) is 0 Å². The number of hydrogen-bond donors (Lipinski definition) is 0. The molecule has 0 aliphatic rings. The van der Waals surface area contributed by atoms with Crippen LogP contribution in [0.25, 0.3) is 0 Å². The summed E-state index contributed by atoms with van der Waals surface area (Å²) in [5, 5.41) is 0. The molecule has 0 fully saturated rings. The van der Waals surface area contributed by atoms with Gasteiger partial charge in [-0.1, -0.05) is 0 Å². The zero-order valence-corrected chi connectivity index (χ0v) is 6.04. The molecular formula is CH6BFeSi-. The molecule has 4 radical (unpaired) electrons. The molecule has 0 amide bonds. The van der Waals surface area contributed by atoms with E-state index in [9.17, 15) is 0 Å². The van der Waals surface area contributed by atoms with E-state index in [1.807, 2.05) is 0 Å². The molecular weight excluding hydrogens is 107 g/mol. The topological polar surface area (TPSA) is 0 Å². The smallest absolute Gasteiger partial charge is 0 e. The second kappa shape index (κ2) is 46.5. The second-order valence-corrected chi connectivity index (χ2v) is 0. The van der Waals surface area contributed by atoms with Crippen LogP contribution in [0.5, 0.6) is 0 Å². The number of rotatable bonds is 0. The van der Waals surface area contributed by atoms with Gasteiger partial charge >= 0.3 is 0 Å². The van der Waals surface area contributed by atoms with Gasteiger partial charge in [-0.2, -0.15) is 0 Å². The molecule has 0 aromatic heterocycles. The summed E-state index contributed by atoms with van der Waals surface area (Å²) in [5.74, 6) is 0. The van der Waals surface area contributed by atoms with Gasteiger partial charge in [-0.05, 0) is 11.0 Å². The molecule has 0 rings (SSSR count). The second-order valence-electron chi connectivity index (χ2n) is 0. The summed E-state index contributed by atoms with van der Waals surface area (Å²) in [4.78, 5) is 0. The molecule has 0 N–H and O–H groups in total. The largest absolute Gasteiger partial charge is 0.358 e. The van der Waals surface area contributed by atoms with Crippen LogP contribution in [0, 0.1) is 7.43 Å². The van der Waals surface area contributed by atoms with Gasteiger partial charge in [0.1, 0.15) is 0 Å². The summed E-state index contributed by atoms with van der Waals surface area (Å²) in [5.41, 5.74) is 0. The summed E-state index contributed by atoms with van der Waals surface area (Å²) in [6.45, 7) is 0. The fourth-order valence-corrected chi connectivity index (χ4v) is 0. The molecule has 0 bridgehead atoms. The molecule has 0 spiro atoms. The molecule has 0 saturated heterocycles. The molecule has 0 aromatic rings. The van der Waals surface area contributed by atoms with Gasteiger partial charge in [0.15, 0.2) is 0 Å². The van der Waals surface area contributed by atoms with Crippen molar-refractivity contribution in [3.05, 3.63) is 7.43 Å². The first-order chi connectivity index (χ1) is 0. The summed E-state index contributed by atoms with van der Waals surface area (Å²) in [6, 6.07) is 0. The predicted octanol–water partition coefficient (Wildman–Crippen LogP) is -1.12. The van der Waals surface area contributed by atoms with E-state index in [1.54, 1.807) is 0 Å². The average molecular weight is 113 g/mol. The van der Waals surface area contributed by atoms with E-state index in [0.717, 1.165) is 0 Å². The van der Waals surface area contributed by atoms with Crippen molar-refractivity contribution in [2.45, 2.75) is 0 Å². The van der Waals surface area contributed by atoms with Gasteiger partial charge in [-0.3, -0.25) is 0 Å². The van der Waals surface area contributed by atoms with Crippen molar-refractivity contribution in [3.8, 4) is 0 Å². The Balaban J connectivity index is 0. The van der Waals surface area contributed by atoms with Gasteiger partial charge in [-0.15, -0.1) is 0 Å². The van der Waals surface area contributed by atoms with Crippen LogP contribution in [0.3, 0.4) is 0 Å². The van der Waals surface area contributed by atoms with Crippen LogP contribution < -0.4 is 0 Å². The average Bonchev–Trinajstić information content (AvgIpc) is 0. The van der Waals surface area contributed by atoms with Crippen molar-refractivity contribution in [1.82, 2.24) is 0 Å². The van der Waals surface area contributed by atoms with E-state index >= 15 is 0 Å². The molecule has 26 valence electrons. The van der Waals surface area contributed by atoms with Crippen LogP contribution in [-0.4, -0.2) is 19.4 Å². The third-order valence-electron chi connectivity index (χ3n) is 0. The van der Waals surface area contributed by atoms with E-state index in [1.165, 1.54) is 0 Å². The van der Waals surface area contributed by atoms with Crippen LogP contribution >= 0.6 is 0 Å². The maximum atomic E-state index is 0. The first kappa shape index (κ1) is 108. The molecule has 0 saturated carbocycles. The van der Waals surface area contributed by atoms with Crippen LogP contribution in [0.4, 0.5) is 0 Å². The number of hydrogen-bond acceptors (Lipinski definition) is 0. The van der Waals surface area contributed by atoms with E-state index in [2.05, 4.69) is 0 Å². The van der Waals surface area contributed by atoms with Crippen molar-refractivity contribution >= 4 is 19.4 Å². The van der Waals surface area contributed by atoms with Gasteiger partial charge in [0, 0.05) is 25.5 Å². The Morgan fingerprint density at radius 3 is 1.00 bits per heavy atom. The van der Waals surface area contributed by atoms with Gasteiger partial charge in [0.2, 0.25) is 0 Å². The Morgan fingerprint density at radius 2 is 1.00 bits per heavy atom. The molecule has 3 heteroatoms. The fraction of sp³-hybridized carbons (Fsp3) is 0. The third kappa shape index (κ3) is 14.2. The zero-order chi connectivity index (χ0) is 0. The third-order valence-corrected chi connectivity index (χ3v) is 0. The molecule has 0 atom stereocenters. The standard InChI is InChI=1S/CH3.B.Fe.H3Si/h1H3;;;1H3/q-1;;;. The Labute approximate surface area is 44.4 Å². The maximum absolute atomic E-state index is 0. The molecule has 0 unspecified atom stereocenters.